The van der Waals surface area contributed by atoms with Crippen LogP contribution >= 0.6 is 0 Å². The van der Waals surface area contributed by atoms with Crippen LogP contribution in [0.5, 0.6) is 0 Å². The Morgan fingerprint density at radius 3 is 2.97 bits per heavy atom. The molecule has 8 heteroatoms. The Kier molecular flexibility index (Phi) is 4.29. The van der Waals surface area contributed by atoms with E-state index in [2.05, 4.69) is 25.3 Å². The predicted molar refractivity (Wildman–Crippen MR) is 103 cm³/mol. The summed E-state index contributed by atoms with van der Waals surface area (Å²) in [6.07, 6.45) is 9.02. The van der Waals surface area contributed by atoms with Crippen molar-refractivity contribution in [2.24, 2.45) is 11.3 Å². The summed E-state index contributed by atoms with van der Waals surface area (Å²) in [6.45, 7) is 0.716. The number of nitrogens with one attached hydrogen (secondary N) is 2. The zero-order valence-corrected chi connectivity index (χ0v) is 15.8. The van der Waals surface area contributed by atoms with Gasteiger partial charge < -0.3 is 10.3 Å². The molecule has 1 saturated heterocycles. The molecule has 6 nitrogen and oxygen atoms in total. The molecule has 2 N–H and O–H groups in total. The Morgan fingerprint density at radius 2 is 2.14 bits per heavy atom. The van der Waals surface area contributed by atoms with E-state index in [1.807, 2.05) is 0 Å². The Labute approximate surface area is 166 Å². The van der Waals surface area contributed by atoms with Gasteiger partial charge in [0.05, 0.1) is 18.1 Å². The van der Waals surface area contributed by atoms with E-state index in [0.29, 0.717) is 47.5 Å². The van der Waals surface area contributed by atoms with Crippen LogP contribution in [0, 0.1) is 23.0 Å². The highest BCUT2D eigenvalue weighted by molar-refractivity contribution is 5.91. The smallest absolute Gasteiger partial charge is 0.220 e. The molecule has 5 rings (SSSR count). The summed E-state index contributed by atoms with van der Waals surface area (Å²) in [7, 11) is 0. The highest BCUT2D eigenvalue weighted by Gasteiger charge is 2.42. The number of H-pyrrole nitrogens is 1. The van der Waals surface area contributed by atoms with E-state index < -0.39 is 11.6 Å². The minimum Gasteiger partial charge on any atom is -0.356 e. The van der Waals surface area contributed by atoms with Gasteiger partial charge in [-0.1, -0.05) is 12.8 Å². The number of amides is 1. The number of hydrogen-bond acceptors (Lipinski definition) is 4. The molecule has 2 fully saturated rings. The van der Waals surface area contributed by atoms with Gasteiger partial charge in [-0.25, -0.2) is 23.7 Å². The molecule has 1 aliphatic carbocycles. The van der Waals surface area contributed by atoms with Gasteiger partial charge in [0, 0.05) is 30.1 Å². The SMILES string of the molecule is O=C1C[C@@]2(CCC[C@H](Cc3nc(-c4c[nH]c5ncc(F)cc45)ncc3F)C2)CN1. The molecule has 3 aromatic heterocycles. The molecule has 1 saturated carbocycles. The van der Waals surface area contributed by atoms with Crippen molar-refractivity contribution in [1.82, 2.24) is 25.3 Å². The van der Waals surface area contributed by atoms with Crippen molar-refractivity contribution < 1.29 is 13.6 Å². The fourth-order valence-corrected chi connectivity index (χ4v) is 4.94. The van der Waals surface area contributed by atoms with Gasteiger partial charge in [-0.05, 0) is 36.7 Å². The number of carbonyl (C=O) groups excluding carboxylic acids is 1. The molecule has 0 aromatic carbocycles. The monoisotopic (exact) mass is 397 g/mol. The summed E-state index contributed by atoms with van der Waals surface area (Å²) in [5.74, 6) is -0.147. The summed E-state index contributed by atoms with van der Waals surface area (Å²) in [5.41, 5.74) is 1.50. The van der Waals surface area contributed by atoms with Crippen molar-refractivity contribution in [2.45, 2.75) is 38.5 Å². The minimum absolute atomic E-state index is 0.00632. The fraction of sp³-hybridized carbons (Fsp3) is 0.429. The second-order valence-corrected chi connectivity index (χ2v) is 8.36. The van der Waals surface area contributed by atoms with Crippen LogP contribution in [0.3, 0.4) is 0 Å². The lowest BCUT2D eigenvalue weighted by atomic mass is 9.68. The highest BCUT2D eigenvalue weighted by atomic mass is 19.1. The highest BCUT2D eigenvalue weighted by Crippen LogP contribution is 2.45. The van der Waals surface area contributed by atoms with Gasteiger partial charge in [0.2, 0.25) is 5.91 Å². The quantitative estimate of drug-likeness (QED) is 0.708. The van der Waals surface area contributed by atoms with Crippen LogP contribution in [0.4, 0.5) is 8.78 Å². The summed E-state index contributed by atoms with van der Waals surface area (Å²) in [5, 5.41) is 3.51. The van der Waals surface area contributed by atoms with Crippen LogP contribution in [-0.4, -0.2) is 32.4 Å². The first-order valence-electron chi connectivity index (χ1n) is 9.92. The van der Waals surface area contributed by atoms with Crippen molar-refractivity contribution in [3.8, 4) is 11.4 Å². The molecule has 0 unspecified atom stereocenters. The molecule has 0 radical (unpaired) electrons. The Hall–Kier alpha value is -2.90. The van der Waals surface area contributed by atoms with Crippen molar-refractivity contribution in [3.05, 3.63) is 42.0 Å². The number of pyridine rings is 1. The third-order valence-electron chi connectivity index (χ3n) is 6.27. The second-order valence-electron chi connectivity index (χ2n) is 8.36. The van der Waals surface area contributed by atoms with Gasteiger partial charge in [0.1, 0.15) is 11.5 Å². The second kappa shape index (κ2) is 6.86. The van der Waals surface area contributed by atoms with E-state index in [9.17, 15) is 13.6 Å². The maximum atomic E-state index is 14.5. The number of hydrogen-bond donors (Lipinski definition) is 2. The average molecular weight is 397 g/mol. The Bertz CT molecular complexity index is 1100. The minimum atomic E-state index is -0.451. The molecule has 1 amide bonds. The number of fused-ring (bicyclic) bond motifs is 1. The maximum absolute atomic E-state index is 14.5. The van der Waals surface area contributed by atoms with Crippen molar-refractivity contribution >= 4 is 16.9 Å². The van der Waals surface area contributed by atoms with Crippen LogP contribution in [0.1, 0.15) is 37.8 Å². The van der Waals surface area contributed by atoms with E-state index in [-0.39, 0.29) is 17.2 Å². The lowest BCUT2D eigenvalue weighted by Crippen LogP contribution is -2.31. The largest absolute Gasteiger partial charge is 0.356 e. The number of carbonyl (C=O) groups is 1. The molecule has 150 valence electrons. The summed E-state index contributed by atoms with van der Waals surface area (Å²) < 4.78 is 28.1. The molecular formula is C21H21F2N5O. The van der Waals surface area contributed by atoms with Gasteiger partial charge in [0.15, 0.2) is 11.6 Å². The van der Waals surface area contributed by atoms with E-state index in [1.165, 1.54) is 12.3 Å². The van der Waals surface area contributed by atoms with Crippen molar-refractivity contribution in [3.63, 3.8) is 0 Å². The maximum Gasteiger partial charge on any atom is 0.220 e. The summed E-state index contributed by atoms with van der Waals surface area (Å²) in [4.78, 5) is 27.3. The zero-order valence-electron chi connectivity index (χ0n) is 15.8. The zero-order chi connectivity index (χ0) is 20.0. The van der Waals surface area contributed by atoms with Crippen LogP contribution in [0.2, 0.25) is 0 Å². The van der Waals surface area contributed by atoms with Gasteiger partial charge in [0.25, 0.3) is 0 Å². The normalized spacial score (nSPS) is 24.3. The van der Waals surface area contributed by atoms with Crippen LogP contribution in [-0.2, 0) is 11.2 Å². The predicted octanol–water partition coefficient (Wildman–Crippen LogP) is 3.54. The average Bonchev–Trinajstić information content (AvgIpc) is 3.27. The van der Waals surface area contributed by atoms with Gasteiger partial charge >= 0.3 is 0 Å². The van der Waals surface area contributed by atoms with E-state index in [1.54, 1.807) is 6.20 Å². The number of aromatic amines is 1. The molecule has 0 bridgehead atoms. The Balaban J connectivity index is 1.42. The van der Waals surface area contributed by atoms with Crippen molar-refractivity contribution in [1.29, 1.82) is 0 Å². The number of halogens is 2. The van der Waals surface area contributed by atoms with Gasteiger partial charge in [-0.3, -0.25) is 4.79 Å². The van der Waals surface area contributed by atoms with E-state index >= 15 is 0 Å². The van der Waals surface area contributed by atoms with Crippen LogP contribution in [0.25, 0.3) is 22.4 Å². The molecule has 2 atom stereocenters. The lowest BCUT2D eigenvalue weighted by molar-refractivity contribution is -0.119. The topological polar surface area (TPSA) is 83.6 Å². The molecule has 3 aromatic rings. The Morgan fingerprint density at radius 1 is 1.24 bits per heavy atom. The van der Waals surface area contributed by atoms with Gasteiger partial charge in [-0.15, -0.1) is 0 Å². The fourth-order valence-electron chi connectivity index (χ4n) is 4.94. The molecule has 1 aliphatic heterocycles. The van der Waals surface area contributed by atoms with Crippen molar-refractivity contribution in [2.75, 3.05) is 6.54 Å². The first kappa shape index (κ1) is 18.1. The summed E-state index contributed by atoms with van der Waals surface area (Å²) >= 11 is 0. The molecule has 1 spiro atoms. The molecule has 29 heavy (non-hydrogen) atoms. The van der Waals surface area contributed by atoms with Gasteiger partial charge in [-0.2, -0.15) is 0 Å². The number of nitrogens with zero attached hydrogens (tertiary/aromatic N) is 3. The molecule has 2 aliphatic rings. The number of aromatic nitrogens is 4. The molecule has 4 heterocycles. The standard InChI is InChI=1S/C21H21F2N5O/c22-13-5-14-15(9-25-19(14)24-8-13)20-26-10-16(23)17(28-20)4-12-2-1-3-21(6-12)7-18(29)27-11-21/h5,8-10,12H,1-4,6-7,11H2,(H,24,25)(H,27,29)/t12-,21+/m1/s1. The molecular weight excluding hydrogens is 376 g/mol. The summed E-state index contributed by atoms with van der Waals surface area (Å²) in [6, 6.07) is 1.37. The van der Waals surface area contributed by atoms with E-state index in [0.717, 1.165) is 31.9 Å². The first-order chi connectivity index (χ1) is 14.0. The van der Waals surface area contributed by atoms with Crippen LogP contribution < -0.4 is 5.32 Å². The first-order valence-corrected chi connectivity index (χ1v) is 9.92. The number of rotatable bonds is 3. The third-order valence-corrected chi connectivity index (χ3v) is 6.27. The third kappa shape index (κ3) is 3.36. The van der Waals surface area contributed by atoms with Crippen LogP contribution in [0.15, 0.2) is 24.7 Å². The van der Waals surface area contributed by atoms with E-state index in [4.69, 9.17) is 0 Å². The lowest BCUT2D eigenvalue weighted by Gasteiger charge is -2.36.